The summed E-state index contributed by atoms with van der Waals surface area (Å²) in [6.45, 7) is 1.87. The van der Waals surface area contributed by atoms with Gasteiger partial charge in [0.05, 0.1) is 27.8 Å². The van der Waals surface area contributed by atoms with Crippen molar-refractivity contribution in [1.29, 1.82) is 0 Å². The van der Waals surface area contributed by atoms with E-state index < -0.39 is 33.9 Å². The smallest absolute Gasteiger partial charge is 0.496 e. The molecular weight excluding hydrogens is 679 g/mol. The number of nitrogens with one attached hydrogen (secondary N) is 1. The average molecular weight is 721 g/mol. The average Bonchev–Trinajstić information content (AvgIpc) is 3.09. The predicted octanol–water partition coefficient (Wildman–Crippen LogP) is 4.84. The van der Waals surface area contributed by atoms with Crippen molar-refractivity contribution in [2.24, 2.45) is 5.73 Å². The van der Waals surface area contributed by atoms with Gasteiger partial charge in [-0.05, 0) is 84.4 Å². The maximum Gasteiger partial charge on any atom is 0.496 e. The van der Waals surface area contributed by atoms with Crippen molar-refractivity contribution >= 4 is 33.5 Å². The SMILES string of the molecule is COc1ccc(C[N+]2(C)CCC/C(=[N+](/C(=O)Nc3ccc(OS(=O)(=O)c4ccc(F)cc4)cc3)[C@@H](Cc3ccc(O)cc3)C(N)=O)C2)cc1OC. The van der Waals surface area contributed by atoms with E-state index in [0.717, 1.165) is 48.5 Å². The molecule has 268 valence electrons. The lowest BCUT2D eigenvalue weighted by Gasteiger charge is -2.38. The molecule has 0 aromatic heterocycles. The van der Waals surface area contributed by atoms with E-state index in [1.807, 2.05) is 18.2 Å². The summed E-state index contributed by atoms with van der Waals surface area (Å²) in [4.78, 5) is 27.1. The highest BCUT2D eigenvalue weighted by Crippen LogP contribution is 2.30. The van der Waals surface area contributed by atoms with Gasteiger partial charge in [0, 0.05) is 24.8 Å². The molecule has 14 heteroatoms. The first kappa shape index (κ1) is 36.8. The topological polar surface area (TPSA) is 157 Å². The van der Waals surface area contributed by atoms with Crippen LogP contribution in [0.2, 0.25) is 0 Å². The van der Waals surface area contributed by atoms with E-state index in [1.165, 1.54) is 41.0 Å². The Hall–Kier alpha value is -5.47. The number of likely N-dealkylation sites (tertiary alicyclic amines) is 1. The second kappa shape index (κ2) is 15.6. The van der Waals surface area contributed by atoms with Crippen molar-refractivity contribution in [3.8, 4) is 23.0 Å². The molecular formula is C37H41FN4O8S+2. The van der Waals surface area contributed by atoms with Crippen LogP contribution in [0.25, 0.3) is 0 Å². The Morgan fingerprint density at radius 1 is 0.941 bits per heavy atom. The van der Waals surface area contributed by atoms with E-state index in [1.54, 1.807) is 26.4 Å². The molecule has 2 atom stereocenters. The van der Waals surface area contributed by atoms with Crippen LogP contribution in [-0.4, -0.2) is 80.6 Å². The third-order valence-corrected chi connectivity index (χ3v) is 9.98. The summed E-state index contributed by atoms with van der Waals surface area (Å²) in [6, 6.07) is 20.3. The fourth-order valence-electron chi connectivity index (χ4n) is 6.25. The Balaban J connectivity index is 1.44. The molecule has 0 aliphatic carbocycles. The molecule has 1 aliphatic heterocycles. The van der Waals surface area contributed by atoms with Gasteiger partial charge in [-0.15, -0.1) is 0 Å². The van der Waals surface area contributed by atoms with Gasteiger partial charge in [0.2, 0.25) is 0 Å². The highest BCUT2D eigenvalue weighted by atomic mass is 32.2. The maximum atomic E-state index is 14.2. The number of hydrogen-bond donors (Lipinski definition) is 3. The van der Waals surface area contributed by atoms with Crippen LogP contribution in [-0.2, 0) is 27.9 Å². The van der Waals surface area contributed by atoms with Gasteiger partial charge in [0.15, 0.2) is 17.5 Å². The van der Waals surface area contributed by atoms with Crippen molar-refractivity contribution in [1.82, 2.24) is 0 Å². The van der Waals surface area contributed by atoms with E-state index >= 15 is 0 Å². The van der Waals surface area contributed by atoms with E-state index in [-0.39, 0.29) is 22.8 Å². The molecule has 4 aromatic carbocycles. The summed E-state index contributed by atoms with van der Waals surface area (Å²) in [5.74, 6) is -0.0350. The minimum Gasteiger partial charge on any atom is -0.508 e. The largest absolute Gasteiger partial charge is 0.508 e. The molecule has 1 unspecified atom stereocenters. The normalized spacial score (nSPS) is 17.6. The molecule has 4 aromatic rings. The van der Waals surface area contributed by atoms with Crippen LogP contribution in [0.3, 0.4) is 0 Å². The van der Waals surface area contributed by atoms with E-state index in [9.17, 15) is 27.5 Å². The molecule has 1 fully saturated rings. The number of aromatic hydroxyl groups is 1. The summed E-state index contributed by atoms with van der Waals surface area (Å²) in [7, 11) is 1.01. The molecule has 5 rings (SSSR count). The summed E-state index contributed by atoms with van der Waals surface area (Å²) in [6.07, 6.45) is 1.38. The number of nitrogens with zero attached hydrogens (tertiary/aromatic N) is 2. The second-order valence-electron chi connectivity index (χ2n) is 12.6. The molecule has 12 nitrogen and oxygen atoms in total. The van der Waals surface area contributed by atoms with Crippen molar-refractivity contribution in [2.45, 2.75) is 36.7 Å². The Morgan fingerprint density at radius 2 is 1.59 bits per heavy atom. The molecule has 3 amide bonds. The fraction of sp³-hybridized carbons (Fsp3) is 0.270. The van der Waals surface area contributed by atoms with Gasteiger partial charge >= 0.3 is 16.1 Å². The zero-order valence-electron chi connectivity index (χ0n) is 28.5. The fourth-order valence-corrected chi connectivity index (χ4v) is 7.18. The third kappa shape index (κ3) is 9.21. The van der Waals surface area contributed by atoms with Gasteiger partial charge in [-0.1, -0.05) is 12.1 Å². The summed E-state index contributed by atoms with van der Waals surface area (Å²) >= 11 is 0. The number of phenols is 1. The van der Waals surface area contributed by atoms with Gasteiger partial charge < -0.3 is 29.0 Å². The Labute approximate surface area is 296 Å². The number of ether oxygens (including phenoxy) is 2. The van der Waals surface area contributed by atoms with Gasteiger partial charge in [-0.25, -0.2) is 9.71 Å². The number of rotatable bonds is 12. The predicted molar refractivity (Wildman–Crippen MR) is 188 cm³/mol. The van der Waals surface area contributed by atoms with Crippen molar-refractivity contribution in [2.75, 3.05) is 39.7 Å². The number of amides is 3. The first-order valence-electron chi connectivity index (χ1n) is 16.2. The molecule has 0 radical (unpaired) electrons. The number of anilines is 1. The van der Waals surface area contributed by atoms with Gasteiger partial charge in [0.25, 0.3) is 5.91 Å². The van der Waals surface area contributed by atoms with Crippen LogP contribution < -0.4 is 24.7 Å². The number of halogens is 1. The molecule has 0 spiro atoms. The number of benzene rings is 4. The minimum absolute atomic E-state index is 0.0265. The molecule has 4 N–H and O–H groups in total. The number of methoxy groups -OCH3 is 2. The Kier molecular flexibility index (Phi) is 11.3. The summed E-state index contributed by atoms with van der Waals surface area (Å²) in [5, 5.41) is 12.6. The van der Waals surface area contributed by atoms with Gasteiger partial charge in [-0.2, -0.15) is 17.8 Å². The summed E-state index contributed by atoms with van der Waals surface area (Å²) < 4.78 is 56.7. The Bertz CT molecular complexity index is 2020. The first-order chi connectivity index (χ1) is 24.3. The summed E-state index contributed by atoms with van der Waals surface area (Å²) in [5.41, 5.74) is 8.71. The molecule has 0 saturated carbocycles. The van der Waals surface area contributed by atoms with Crippen molar-refractivity contribution < 1.29 is 50.2 Å². The number of carbonyl (C=O) groups excluding carboxylic acids is 2. The van der Waals surface area contributed by atoms with Crippen LogP contribution in [0.4, 0.5) is 14.9 Å². The highest BCUT2D eigenvalue weighted by molar-refractivity contribution is 7.87. The zero-order valence-corrected chi connectivity index (χ0v) is 29.4. The lowest BCUT2D eigenvalue weighted by atomic mass is 10.0. The van der Waals surface area contributed by atoms with Crippen LogP contribution in [0.1, 0.15) is 24.0 Å². The van der Waals surface area contributed by atoms with Crippen molar-refractivity contribution in [3.63, 3.8) is 0 Å². The number of urea groups is 1. The van der Waals surface area contributed by atoms with E-state index in [4.69, 9.17) is 19.4 Å². The lowest BCUT2D eigenvalue weighted by molar-refractivity contribution is -0.918. The second-order valence-corrected chi connectivity index (χ2v) is 14.2. The first-order valence-corrected chi connectivity index (χ1v) is 17.6. The van der Waals surface area contributed by atoms with E-state index in [0.29, 0.717) is 46.7 Å². The molecule has 1 saturated heterocycles. The molecule has 1 aliphatic rings. The monoisotopic (exact) mass is 720 g/mol. The molecule has 51 heavy (non-hydrogen) atoms. The van der Waals surface area contributed by atoms with Crippen LogP contribution in [0, 0.1) is 5.82 Å². The van der Waals surface area contributed by atoms with Gasteiger partial charge in [-0.3, -0.25) is 4.79 Å². The van der Waals surface area contributed by atoms with Crippen LogP contribution in [0.15, 0.2) is 95.9 Å². The van der Waals surface area contributed by atoms with Gasteiger partial charge in [0.1, 0.15) is 46.7 Å². The van der Waals surface area contributed by atoms with Crippen LogP contribution >= 0.6 is 0 Å². The number of carbonyl (C=O) groups is 2. The van der Waals surface area contributed by atoms with Crippen LogP contribution in [0.5, 0.6) is 23.0 Å². The number of quaternary nitrogens is 1. The zero-order chi connectivity index (χ0) is 36.8. The van der Waals surface area contributed by atoms with Crippen molar-refractivity contribution in [3.05, 3.63) is 108 Å². The number of hydrogen-bond acceptors (Lipinski definition) is 8. The third-order valence-electron chi connectivity index (χ3n) is 8.72. The highest BCUT2D eigenvalue weighted by Gasteiger charge is 2.39. The number of nitrogens with two attached hydrogens (primary N) is 1. The molecule has 0 bridgehead atoms. The standard InChI is InChI=1S/C37H39FN4O8S/c1-42(23-26-8-19-34(48-2)35(22-26)49-3)20-4-5-29(24-42)41(33(36(39)44)21-25-6-13-30(43)14-7-25)37(45)40-28-11-15-31(16-12-28)50-51(46,47)32-17-9-27(38)10-18-32/h6-19,22,33H,4-5,20-21,23-24H2,1-3H3,(H2-2,39,40,43,44,45)/p+2/b41-29-/t33-,42?/m0/s1. The maximum absolute atomic E-state index is 14.2. The quantitative estimate of drug-likeness (QED) is 0.107. The minimum atomic E-state index is -4.24. The Morgan fingerprint density at radius 3 is 2.22 bits per heavy atom. The number of primary amides is 1. The van der Waals surface area contributed by atoms with E-state index in [2.05, 4.69) is 12.4 Å². The number of piperidine rings is 1. The molecule has 1 heterocycles. The lowest BCUT2D eigenvalue weighted by Crippen LogP contribution is -2.56. The number of phenolic OH excluding ortho intramolecular Hbond substituents is 1.